The van der Waals surface area contributed by atoms with Crippen LogP contribution in [0.2, 0.25) is 0 Å². The number of sulfonamides is 1. The van der Waals surface area contributed by atoms with Gasteiger partial charge in [-0.3, -0.25) is 9.52 Å². The van der Waals surface area contributed by atoms with E-state index in [4.69, 9.17) is 4.74 Å². The van der Waals surface area contributed by atoms with Crippen LogP contribution in [0, 0.1) is 0 Å². The van der Waals surface area contributed by atoms with Crippen LogP contribution < -0.4 is 10.0 Å². The van der Waals surface area contributed by atoms with Gasteiger partial charge in [0.1, 0.15) is 6.10 Å². The summed E-state index contributed by atoms with van der Waals surface area (Å²) in [5.41, 5.74) is -0.990. The SMILES string of the molecule is CCOC(C)C(=O)Nc1cccc(S(=O)(=O)Nc2cccc(C(F)(F)F)c2)c1. The Morgan fingerprint density at radius 2 is 1.75 bits per heavy atom. The maximum Gasteiger partial charge on any atom is 0.416 e. The number of carbonyl (C=O) groups is 1. The van der Waals surface area contributed by atoms with Gasteiger partial charge in [0.25, 0.3) is 15.9 Å². The fraction of sp³-hybridized carbons (Fsp3) is 0.278. The van der Waals surface area contributed by atoms with Gasteiger partial charge in [0.2, 0.25) is 0 Å². The number of anilines is 2. The molecule has 2 rings (SSSR count). The average molecular weight is 416 g/mol. The Labute approximate surface area is 160 Å². The molecular formula is C18H19F3N2O4S. The quantitative estimate of drug-likeness (QED) is 0.718. The van der Waals surface area contributed by atoms with Crippen molar-refractivity contribution in [2.45, 2.75) is 31.0 Å². The van der Waals surface area contributed by atoms with E-state index in [2.05, 4.69) is 10.0 Å². The Hall–Kier alpha value is -2.59. The summed E-state index contributed by atoms with van der Waals surface area (Å²) >= 11 is 0. The summed E-state index contributed by atoms with van der Waals surface area (Å²) < 4.78 is 70.6. The Bertz CT molecular complexity index is 946. The number of halogens is 3. The number of nitrogens with one attached hydrogen (secondary N) is 2. The van der Waals surface area contributed by atoms with Crippen molar-refractivity contribution in [3.63, 3.8) is 0 Å². The van der Waals surface area contributed by atoms with Gasteiger partial charge in [-0.25, -0.2) is 8.42 Å². The summed E-state index contributed by atoms with van der Waals surface area (Å²) in [5, 5.41) is 2.53. The second-order valence-electron chi connectivity index (χ2n) is 5.80. The lowest BCUT2D eigenvalue weighted by atomic mass is 10.2. The van der Waals surface area contributed by atoms with Crippen molar-refractivity contribution in [2.75, 3.05) is 16.6 Å². The highest BCUT2D eigenvalue weighted by Crippen LogP contribution is 2.31. The number of ether oxygens (including phenoxy) is 1. The molecule has 0 saturated heterocycles. The summed E-state index contributed by atoms with van der Waals surface area (Å²) in [5.74, 6) is -0.456. The molecule has 0 heterocycles. The first-order chi connectivity index (χ1) is 13.0. The average Bonchev–Trinajstić information content (AvgIpc) is 2.61. The van der Waals surface area contributed by atoms with Gasteiger partial charge in [0, 0.05) is 18.0 Å². The molecule has 0 aliphatic heterocycles. The molecule has 2 aromatic carbocycles. The molecule has 1 unspecified atom stereocenters. The van der Waals surface area contributed by atoms with Crippen LogP contribution in [0.1, 0.15) is 19.4 Å². The number of hydrogen-bond donors (Lipinski definition) is 2. The maximum absolute atomic E-state index is 12.8. The number of amides is 1. The van der Waals surface area contributed by atoms with Gasteiger partial charge in [-0.05, 0) is 50.2 Å². The molecule has 6 nitrogen and oxygen atoms in total. The normalized spacial score (nSPS) is 13.0. The molecule has 152 valence electrons. The number of benzene rings is 2. The minimum absolute atomic E-state index is 0.212. The third-order valence-electron chi connectivity index (χ3n) is 3.64. The van der Waals surface area contributed by atoms with Crippen LogP contribution in [0.4, 0.5) is 24.5 Å². The zero-order valence-corrected chi connectivity index (χ0v) is 15.9. The molecule has 10 heteroatoms. The predicted octanol–water partition coefficient (Wildman–Crippen LogP) is 3.87. The van der Waals surface area contributed by atoms with E-state index >= 15 is 0 Å². The number of rotatable bonds is 7. The zero-order chi connectivity index (χ0) is 20.9. The minimum atomic E-state index is -4.59. The summed E-state index contributed by atoms with van der Waals surface area (Å²) in [6.45, 7) is 3.62. The van der Waals surface area contributed by atoms with Crippen LogP contribution in [0.25, 0.3) is 0 Å². The highest BCUT2D eigenvalue weighted by atomic mass is 32.2. The van der Waals surface area contributed by atoms with Crippen LogP contribution in [0.5, 0.6) is 0 Å². The van der Waals surface area contributed by atoms with E-state index in [1.807, 2.05) is 0 Å². The molecule has 0 spiro atoms. The molecule has 2 aromatic rings. The van der Waals surface area contributed by atoms with E-state index in [0.29, 0.717) is 12.7 Å². The van der Waals surface area contributed by atoms with E-state index in [-0.39, 0.29) is 16.3 Å². The van der Waals surface area contributed by atoms with Crippen LogP contribution in [0.3, 0.4) is 0 Å². The van der Waals surface area contributed by atoms with Gasteiger partial charge in [0.05, 0.1) is 10.5 Å². The monoisotopic (exact) mass is 416 g/mol. The standard InChI is InChI=1S/C18H19F3N2O4S/c1-3-27-12(2)17(24)22-14-7-5-9-16(11-14)28(25,26)23-15-8-4-6-13(10-15)18(19,20)21/h4-12,23H,3H2,1-2H3,(H,22,24). The van der Waals surface area contributed by atoms with Crippen molar-refractivity contribution >= 4 is 27.3 Å². The van der Waals surface area contributed by atoms with E-state index in [1.54, 1.807) is 13.8 Å². The Kier molecular flexibility index (Phi) is 6.68. The second-order valence-corrected chi connectivity index (χ2v) is 7.48. The molecule has 28 heavy (non-hydrogen) atoms. The molecule has 0 aliphatic rings. The van der Waals surface area contributed by atoms with Gasteiger partial charge in [-0.15, -0.1) is 0 Å². The van der Waals surface area contributed by atoms with Gasteiger partial charge in [-0.1, -0.05) is 12.1 Å². The van der Waals surface area contributed by atoms with Crippen molar-refractivity contribution in [3.05, 3.63) is 54.1 Å². The highest BCUT2D eigenvalue weighted by molar-refractivity contribution is 7.92. The van der Waals surface area contributed by atoms with Crippen molar-refractivity contribution in [1.29, 1.82) is 0 Å². The molecule has 0 bridgehead atoms. The van der Waals surface area contributed by atoms with Gasteiger partial charge >= 0.3 is 6.18 Å². The van der Waals surface area contributed by atoms with Crippen molar-refractivity contribution in [2.24, 2.45) is 0 Å². The molecule has 0 aromatic heterocycles. The number of hydrogen-bond acceptors (Lipinski definition) is 4. The molecule has 2 N–H and O–H groups in total. The summed E-state index contributed by atoms with van der Waals surface area (Å²) in [6.07, 6.45) is -5.32. The summed E-state index contributed by atoms with van der Waals surface area (Å²) in [4.78, 5) is 11.8. The Balaban J connectivity index is 2.21. The lowest BCUT2D eigenvalue weighted by Crippen LogP contribution is -2.27. The molecule has 0 fully saturated rings. The van der Waals surface area contributed by atoms with Crippen molar-refractivity contribution in [1.82, 2.24) is 0 Å². The first kappa shape index (κ1) is 21.7. The van der Waals surface area contributed by atoms with Crippen LogP contribution >= 0.6 is 0 Å². The van der Waals surface area contributed by atoms with Gasteiger partial charge in [-0.2, -0.15) is 13.2 Å². The lowest BCUT2D eigenvalue weighted by Gasteiger charge is -2.14. The van der Waals surface area contributed by atoms with E-state index < -0.39 is 33.8 Å². The topological polar surface area (TPSA) is 84.5 Å². The molecule has 1 atom stereocenters. The predicted molar refractivity (Wildman–Crippen MR) is 98.4 cm³/mol. The maximum atomic E-state index is 12.8. The van der Waals surface area contributed by atoms with Crippen molar-refractivity contribution < 1.29 is 31.1 Å². The summed E-state index contributed by atoms with van der Waals surface area (Å²) in [6, 6.07) is 9.21. The third kappa shape index (κ3) is 5.70. The molecule has 0 saturated carbocycles. The van der Waals surface area contributed by atoms with Crippen LogP contribution in [0.15, 0.2) is 53.4 Å². The Morgan fingerprint density at radius 1 is 1.11 bits per heavy atom. The van der Waals surface area contributed by atoms with E-state index in [1.165, 1.54) is 30.3 Å². The fourth-order valence-corrected chi connectivity index (χ4v) is 3.38. The number of alkyl halides is 3. The van der Waals surface area contributed by atoms with Crippen molar-refractivity contribution in [3.8, 4) is 0 Å². The van der Waals surface area contributed by atoms with Gasteiger partial charge < -0.3 is 10.1 Å². The first-order valence-electron chi connectivity index (χ1n) is 8.25. The molecule has 0 radical (unpaired) electrons. The lowest BCUT2D eigenvalue weighted by molar-refractivity contribution is -0.137. The van der Waals surface area contributed by atoms with E-state index in [9.17, 15) is 26.4 Å². The summed E-state index contributed by atoms with van der Waals surface area (Å²) in [7, 11) is -4.16. The van der Waals surface area contributed by atoms with Crippen LogP contribution in [-0.4, -0.2) is 27.0 Å². The number of carbonyl (C=O) groups excluding carboxylic acids is 1. The van der Waals surface area contributed by atoms with E-state index in [0.717, 1.165) is 12.1 Å². The zero-order valence-electron chi connectivity index (χ0n) is 15.1. The minimum Gasteiger partial charge on any atom is -0.369 e. The largest absolute Gasteiger partial charge is 0.416 e. The third-order valence-corrected chi connectivity index (χ3v) is 5.02. The van der Waals surface area contributed by atoms with Gasteiger partial charge in [0.15, 0.2) is 0 Å². The first-order valence-corrected chi connectivity index (χ1v) is 9.74. The smallest absolute Gasteiger partial charge is 0.369 e. The molecule has 0 aliphatic carbocycles. The van der Waals surface area contributed by atoms with Crippen LogP contribution in [-0.2, 0) is 25.7 Å². The fourth-order valence-electron chi connectivity index (χ4n) is 2.28. The second kappa shape index (κ2) is 8.61. The molecular weight excluding hydrogens is 397 g/mol. The molecule has 1 amide bonds. The Morgan fingerprint density at radius 3 is 2.39 bits per heavy atom. The highest BCUT2D eigenvalue weighted by Gasteiger charge is 2.30.